The van der Waals surface area contributed by atoms with Crippen LogP contribution < -0.4 is 10.1 Å². The van der Waals surface area contributed by atoms with Crippen molar-refractivity contribution < 1.29 is 14.9 Å². The molecule has 0 unspecified atom stereocenters. The van der Waals surface area contributed by atoms with Crippen LogP contribution in [0.2, 0.25) is 0 Å². The summed E-state index contributed by atoms with van der Waals surface area (Å²) < 4.78 is 6.42. The molecule has 0 radical (unpaired) electrons. The van der Waals surface area contributed by atoms with Gasteiger partial charge in [-0.3, -0.25) is 0 Å². The molecule has 2 aromatic carbocycles. The van der Waals surface area contributed by atoms with Crippen LogP contribution in [0.15, 0.2) is 60.7 Å². The molecule has 4 heteroatoms. The Morgan fingerprint density at radius 2 is 1.97 bits per heavy atom. The van der Waals surface area contributed by atoms with Crippen molar-refractivity contribution in [3.8, 4) is 17.6 Å². The van der Waals surface area contributed by atoms with Crippen molar-refractivity contribution in [2.45, 2.75) is 76.7 Å². The third-order valence-corrected chi connectivity index (χ3v) is 7.42. The first-order valence-corrected chi connectivity index (χ1v) is 13.1. The largest absolute Gasteiger partial charge is 0.489 e. The molecule has 0 amide bonds. The van der Waals surface area contributed by atoms with Gasteiger partial charge in [0.2, 0.25) is 0 Å². The zero-order valence-electron chi connectivity index (χ0n) is 21.0. The summed E-state index contributed by atoms with van der Waals surface area (Å²) in [6, 6.07) is 17.0. The number of nitrogens with one attached hydrogen (secondary N) is 1. The van der Waals surface area contributed by atoms with E-state index in [4.69, 9.17) is 4.74 Å². The lowest BCUT2D eigenvalue weighted by Crippen LogP contribution is -2.19. The summed E-state index contributed by atoms with van der Waals surface area (Å²) in [6.45, 7) is 5.73. The first-order valence-electron chi connectivity index (χ1n) is 13.1. The summed E-state index contributed by atoms with van der Waals surface area (Å²) in [6.07, 6.45) is 7.36. The molecule has 1 aliphatic carbocycles. The number of hydrogen-bond acceptors (Lipinski definition) is 4. The summed E-state index contributed by atoms with van der Waals surface area (Å²) in [5.41, 5.74) is 3.79. The number of aliphatic hydroxyl groups excluding tert-OH is 2. The van der Waals surface area contributed by atoms with E-state index in [1.807, 2.05) is 32.1 Å². The maximum atomic E-state index is 10.7. The molecule has 1 aliphatic heterocycles. The second kappa shape index (κ2) is 12.4. The molecule has 0 aromatic heterocycles. The molecule has 0 spiro atoms. The van der Waals surface area contributed by atoms with Gasteiger partial charge in [-0.05, 0) is 49.8 Å². The quantitative estimate of drug-likeness (QED) is 0.244. The van der Waals surface area contributed by atoms with E-state index in [1.165, 1.54) is 16.7 Å². The third kappa shape index (κ3) is 6.35. The standard InChI is InChI=1S/C31H39NO3/c1-3-4-11-22(2)27(33)18-17-25-28(34)20-29-30(25)26-16-10-15-24(31(26)35-29)14-8-9-19-32-21-23-12-6-5-7-13-23/h5-7,10,12-13,15-18,22,25,27-30,32-34H,8-9,11,14,19-21H2,1-2H3/b18-17+/t22-,25-,27+,28+,29-,30-/m0/s1. The minimum Gasteiger partial charge on any atom is -0.489 e. The van der Waals surface area contributed by atoms with Crippen LogP contribution in [-0.2, 0) is 13.0 Å². The number of fused-ring (bicyclic) bond motifs is 3. The predicted octanol–water partition coefficient (Wildman–Crippen LogP) is 4.99. The van der Waals surface area contributed by atoms with Crippen molar-refractivity contribution in [3.63, 3.8) is 0 Å². The van der Waals surface area contributed by atoms with E-state index in [9.17, 15) is 10.2 Å². The van der Waals surface area contributed by atoms with Gasteiger partial charge in [-0.25, -0.2) is 0 Å². The highest BCUT2D eigenvalue weighted by Crippen LogP contribution is 2.52. The van der Waals surface area contributed by atoms with Crippen LogP contribution >= 0.6 is 0 Å². The molecule has 6 atom stereocenters. The number of ether oxygens (including phenoxy) is 1. The van der Waals surface area contributed by atoms with Crippen LogP contribution in [0, 0.1) is 23.7 Å². The van der Waals surface area contributed by atoms with Crippen molar-refractivity contribution in [3.05, 3.63) is 77.4 Å². The molecule has 2 aromatic rings. The van der Waals surface area contributed by atoms with Crippen LogP contribution in [0.4, 0.5) is 0 Å². The monoisotopic (exact) mass is 473 g/mol. The van der Waals surface area contributed by atoms with Crippen LogP contribution in [-0.4, -0.2) is 35.1 Å². The summed E-state index contributed by atoms with van der Waals surface area (Å²) in [7, 11) is 0. The van der Waals surface area contributed by atoms with E-state index < -0.39 is 12.2 Å². The zero-order valence-corrected chi connectivity index (χ0v) is 21.0. The Kier molecular flexibility index (Phi) is 9.04. The molecule has 35 heavy (non-hydrogen) atoms. The minimum absolute atomic E-state index is 0.00358. The predicted molar refractivity (Wildman–Crippen MR) is 141 cm³/mol. The van der Waals surface area contributed by atoms with E-state index in [2.05, 4.69) is 59.6 Å². The topological polar surface area (TPSA) is 61.7 Å². The molecular formula is C31H39NO3. The van der Waals surface area contributed by atoms with E-state index in [1.54, 1.807) is 0 Å². The van der Waals surface area contributed by atoms with Crippen LogP contribution in [0.25, 0.3) is 0 Å². The van der Waals surface area contributed by atoms with Crippen molar-refractivity contribution >= 4 is 0 Å². The maximum absolute atomic E-state index is 10.7. The molecule has 186 valence electrons. The Bertz CT molecular complexity index is 1040. The molecule has 4 rings (SSSR count). The number of aryl methyl sites for hydroxylation is 1. The number of unbranched alkanes of at least 4 members (excludes halogenated alkanes) is 1. The molecule has 1 heterocycles. The van der Waals surface area contributed by atoms with E-state index in [-0.39, 0.29) is 23.9 Å². The van der Waals surface area contributed by atoms with Crippen molar-refractivity contribution in [1.82, 2.24) is 5.32 Å². The van der Waals surface area contributed by atoms with Gasteiger partial charge in [-0.1, -0.05) is 67.6 Å². The number of aliphatic hydroxyl groups is 2. The zero-order chi connectivity index (χ0) is 24.6. The maximum Gasteiger partial charge on any atom is 0.126 e. The van der Waals surface area contributed by atoms with Gasteiger partial charge in [0.05, 0.1) is 12.2 Å². The summed E-state index contributed by atoms with van der Waals surface area (Å²) in [4.78, 5) is 0. The Labute approximate surface area is 210 Å². The van der Waals surface area contributed by atoms with Crippen LogP contribution in [0.1, 0.15) is 62.1 Å². The SMILES string of the molecule is CC#CC[C@H](C)[C@H](O)/C=C/[C@@H]1[C@H]2c3cccc(CCCCNCc4ccccc4)c3O[C@H]2C[C@H]1O. The highest BCUT2D eigenvalue weighted by atomic mass is 16.5. The molecule has 3 N–H and O–H groups in total. The first kappa shape index (κ1) is 25.5. The lowest BCUT2D eigenvalue weighted by atomic mass is 9.86. The third-order valence-electron chi connectivity index (χ3n) is 7.42. The number of rotatable bonds is 11. The van der Waals surface area contributed by atoms with Crippen molar-refractivity contribution in [2.24, 2.45) is 11.8 Å². The second-order valence-corrected chi connectivity index (χ2v) is 10.0. The normalized spacial score (nSPS) is 24.3. The number of para-hydroxylation sites is 1. The number of benzene rings is 2. The minimum atomic E-state index is -0.564. The Hall–Kier alpha value is -2.58. The van der Waals surface area contributed by atoms with Gasteiger partial charge < -0.3 is 20.3 Å². The van der Waals surface area contributed by atoms with Gasteiger partial charge in [0.15, 0.2) is 0 Å². The van der Waals surface area contributed by atoms with Gasteiger partial charge in [0.25, 0.3) is 0 Å². The summed E-state index contributed by atoms with van der Waals surface area (Å²) in [5, 5.41) is 24.8. The number of hydrogen-bond donors (Lipinski definition) is 3. The molecule has 1 saturated carbocycles. The smallest absolute Gasteiger partial charge is 0.126 e. The van der Waals surface area contributed by atoms with Crippen LogP contribution in [0.5, 0.6) is 5.75 Å². The van der Waals surface area contributed by atoms with E-state index in [0.717, 1.165) is 38.1 Å². The average molecular weight is 474 g/mol. The lowest BCUT2D eigenvalue weighted by molar-refractivity contribution is 0.134. The fraction of sp³-hybridized carbons (Fsp3) is 0.484. The van der Waals surface area contributed by atoms with Crippen molar-refractivity contribution in [2.75, 3.05) is 6.54 Å². The average Bonchev–Trinajstić information content (AvgIpc) is 3.38. The molecule has 2 aliphatic rings. The van der Waals surface area contributed by atoms with Gasteiger partial charge in [0.1, 0.15) is 11.9 Å². The Balaban J connectivity index is 1.33. The molecular weight excluding hydrogens is 434 g/mol. The van der Waals surface area contributed by atoms with Gasteiger partial charge in [0, 0.05) is 36.8 Å². The van der Waals surface area contributed by atoms with Gasteiger partial charge in [-0.15, -0.1) is 11.8 Å². The van der Waals surface area contributed by atoms with Crippen molar-refractivity contribution in [1.29, 1.82) is 0 Å². The van der Waals surface area contributed by atoms with Gasteiger partial charge in [-0.2, -0.15) is 0 Å². The molecule has 1 fully saturated rings. The van der Waals surface area contributed by atoms with E-state index >= 15 is 0 Å². The van der Waals surface area contributed by atoms with Crippen LogP contribution in [0.3, 0.4) is 0 Å². The van der Waals surface area contributed by atoms with Gasteiger partial charge >= 0.3 is 0 Å². The molecule has 4 nitrogen and oxygen atoms in total. The Morgan fingerprint density at radius 3 is 2.77 bits per heavy atom. The fourth-order valence-electron chi connectivity index (χ4n) is 5.37. The second-order valence-electron chi connectivity index (χ2n) is 10.0. The summed E-state index contributed by atoms with van der Waals surface area (Å²) >= 11 is 0. The highest BCUT2D eigenvalue weighted by Gasteiger charge is 2.48. The molecule has 0 saturated heterocycles. The summed E-state index contributed by atoms with van der Waals surface area (Å²) in [5.74, 6) is 7.12. The fourth-order valence-corrected chi connectivity index (χ4v) is 5.37. The first-order chi connectivity index (χ1) is 17.1. The highest BCUT2D eigenvalue weighted by molar-refractivity contribution is 5.49. The van der Waals surface area contributed by atoms with E-state index in [0.29, 0.717) is 12.8 Å². The molecule has 0 bridgehead atoms. The Morgan fingerprint density at radius 1 is 1.14 bits per heavy atom. The lowest BCUT2D eigenvalue weighted by Gasteiger charge is -2.19.